The Morgan fingerprint density at radius 3 is 3.17 bits per heavy atom. The molecule has 2 N–H and O–H groups in total. The molecule has 0 aliphatic carbocycles. The maximum absolute atomic E-state index is 12.1. The molecule has 0 unspecified atom stereocenters. The molecule has 1 atom stereocenters. The maximum Gasteiger partial charge on any atom is 0.273 e. The Hall–Kier alpha value is -2.35. The van der Waals surface area contributed by atoms with E-state index in [2.05, 4.69) is 30.9 Å². The fourth-order valence-electron chi connectivity index (χ4n) is 2.69. The summed E-state index contributed by atoms with van der Waals surface area (Å²) in [5.41, 5.74) is 1.20. The largest absolute Gasteiger partial charge is 0.350 e. The predicted octanol–water partition coefficient (Wildman–Crippen LogP) is 0.0402. The molecule has 122 valence electrons. The molecule has 0 aromatic carbocycles. The fraction of sp³-hybridized carbons (Fsp3) is 0.533. The second-order valence-corrected chi connectivity index (χ2v) is 5.74. The van der Waals surface area contributed by atoms with Crippen LogP contribution in [0.4, 0.5) is 0 Å². The van der Waals surface area contributed by atoms with Crippen molar-refractivity contribution < 1.29 is 4.79 Å². The molecular weight excluding hydrogens is 294 g/mol. The van der Waals surface area contributed by atoms with Gasteiger partial charge in [0.05, 0.1) is 11.9 Å². The molecule has 0 radical (unpaired) electrons. The minimum Gasteiger partial charge on any atom is -0.350 e. The van der Waals surface area contributed by atoms with Crippen LogP contribution in [-0.2, 0) is 13.0 Å². The quantitative estimate of drug-likeness (QED) is 0.781. The van der Waals surface area contributed by atoms with E-state index in [4.69, 9.17) is 0 Å². The highest BCUT2D eigenvalue weighted by molar-refractivity contribution is 5.91. The van der Waals surface area contributed by atoms with Crippen molar-refractivity contribution in [2.75, 3.05) is 19.6 Å². The highest BCUT2D eigenvalue weighted by atomic mass is 16.2. The number of amides is 1. The molecule has 1 aliphatic rings. The van der Waals surface area contributed by atoms with Gasteiger partial charge in [0.1, 0.15) is 0 Å². The van der Waals surface area contributed by atoms with Crippen LogP contribution >= 0.6 is 0 Å². The summed E-state index contributed by atoms with van der Waals surface area (Å²) >= 11 is 0. The maximum atomic E-state index is 12.1. The molecule has 8 heteroatoms. The van der Waals surface area contributed by atoms with Crippen LogP contribution in [0.1, 0.15) is 29.0 Å². The SMILES string of the molecule is O=C(NCCc1cnccn1)c1cn(C[C@@H]2CCCNC2)nn1. The van der Waals surface area contributed by atoms with E-state index in [1.807, 2.05) is 0 Å². The molecule has 3 rings (SSSR count). The van der Waals surface area contributed by atoms with Crippen molar-refractivity contribution in [3.05, 3.63) is 36.2 Å². The Labute approximate surface area is 134 Å². The smallest absolute Gasteiger partial charge is 0.273 e. The van der Waals surface area contributed by atoms with Crippen molar-refractivity contribution in [3.8, 4) is 0 Å². The summed E-state index contributed by atoms with van der Waals surface area (Å²) in [4.78, 5) is 20.2. The van der Waals surface area contributed by atoms with Gasteiger partial charge in [-0.05, 0) is 31.8 Å². The van der Waals surface area contributed by atoms with Crippen LogP contribution in [-0.4, -0.2) is 50.5 Å². The third-order valence-electron chi connectivity index (χ3n) is 3.90. The van der Waals surface area contributed by atoms with E-state index in [-0.39, 0.29) is 5.91 Å². The van der Waals surface area contributed by atoms with Gasteiger partial charge in [-0.1, -0.05) is 5.21 Å². The second kappa shape index (κ2) is 7.77. The average Bonchev–Trinajstić information content (AvgIpc) is 3.05. The van der Waals surface area contributed by atoms with Gasteiger partial charge in [-0.25, -0.2) is 0 Å². The van der Waals surface area contributed by atoms with Crippen LogP contribution in [0.25, 0.3) is 0 Å². The topological polar surface area (TPSA) is 97.6 Å². The Bertz CT molecular complexity index is 622. The highest BCUT2D eigenvalue weighted by Gasteiger charge is 2.16. The van der Waals surface area contributed by atoms with Gasteiger partial charge < -0.3 is 10.6 Å². The lowest BCUT2D eigenvalue weighted by Gasteiger charge is -2.22. The van der Waals surface area contributed by atoms with Gasteiger partial charge in [0.15, 0.2) is 5.69 Å². The number of nitrogens with one attached hydrogen (secondary N) is 2. The normalized spacial score (nSPS) is 17.8. The molecule has 1 fully saturated rings. The van der Waals surface area contributed by atoms with Crippen molar-refractivity contribution in [2.24, 2.45) is 5.92 Å². The standard InChI is InChI=1S/C15H21N7O/c23-15(19-5-3-13-9-17-6-7-18-13)14-11-22(21-20-14)10-12-2-1-4-16-8-12/h6-7,9,11-12,16H,1-5,8,10H2,(H,19,23)/t12-/m1/s1. The zero-order chi connectivity index (χ0) is 15.9. The minimum absolute atomic E-state index is 0.207. The molecule has 1 saturated heterocycles. The number of hydrogen-bond acceptors (Lipinski definition) is 6. The first-order chi connectivity index (χ1) is 11.3. The van der Waals surface area contributed by atoms with Crippen LogP contribution in [0.15, 0.2) is 24.8 Å². The molecule has 0 saturated carbocycles. The molecule has 0 bridgehead atoms. The van der Waals surface area contributed by atoms with E-state index in [9.17, 15) is 4.79 Å². The van der Waals surface area contributed by atoms with Crippen LogP contribution in [0.2, 0.25) is 0 Å². The Morgan fingerprint density at radius 1 is 1.43 bits per heavy atom. The molecule has 3 heterocycles. The lowest BCUT2D eigenvalue weighted by Crippen LogP contribution is -2.32. The minimum atomic E-state index is -0.207. The van der Waals surface area contributed by atoms with Crippen LogP contribution in [0, 0.1) is 5.92 Å². The van der Waals surface area contributed by atoms with E-state index < -0.39 is 0 Å². The van der Waals surface area contributed by atoms with Gasteiger partial charge in [0.25, 0.3) is 5.91 Å². The van der Waals surface area contributed by atoms with Gasteiger partial charge in [-0.15, -0.1) is 5.10 Å². The number of piperidine rings is 1. The van der Waals surface area contributed by atoms with E-state index in [1.54, 1.807) is 29.5 Å². The van der Waals surface area contributed by atoms with Crippen molar-refractivity contribution in [2.45, 2.75) is 25.8 Å². The number of rotatable bonds is 6. The van der Waals surface area contributed by atoms with Gasteiger partial charge in [0, 0.05) is 38.1 Å². The molecule has 8 nitrogen and oxygen atoms in total. The van der Waals surface area contributed by atoms with Gasteiger partial charge in [-0.3, -0.25) is 19.4 Å². The van der Waals surface area contributed by atoms with Crippen molar-refractivity contribution in [3.63, 3.8) is 0 Å². The Morgan fingerprint density at radius 2 is 2.39 bits per heavy atom. The van der Waals surface area contributed by atoms with E-state index in [0.29, 0.717) is 24.6 Å². The fourth-order valence-corrected chi connectivity index (χ4v) is 2.69. The lowest BCUT2D eigenvalue weighted by atomic mass is 10.00. The highest BCUT2D eigenvalue weighted by Crippen LogP contribution is 2.11. The third-order valence-corrected chi connectivity index (χ3v) is 3.90. The molecular formula is C15H21N7O. The molecule has 2 aromatic heterocycles. The van der Waals surface area contributed by atoms with Crippen molar-refractivity contribution >= 4 is 5.91 Å². The first kappa shape index (κ1) is 15.5. The molecule has 1 aliphatic heterocycles. The van der Waals surface area contributed by atoms with Gasteiger partial charge in [0.2, 0.25) is 0 Å². The summed E-state index contributed by atoms with van der Waals surface area (Å²) in [7, 11) is 0. The second-order valence-electron chi connectivity index (χ2n) is 5.74. The van der Waals surface area contributed by atoms with Gasteiger partial charge in [-0.2, -0.15) is 0 Å². The Kier molecular flexibility index (Phi) is 5.25. The molecule has 2 aromatic rings. The monoisotopic (exact) mass is 315 g/mol. The third kappa shape index (κ3) is 4.56. The summed E-state index contributed by atoms with van der Waals surface area (Å²) in [5.74, 6) is 0.347. The van der Waals surface area contributed by atoms with Gasteiger partial charge >= 0.3 is 0 Å². The Balaban J connectivity index is 1.46. The predicted molar refractivity (Wildman–Crippen MR) is 83.7 cm³/mol. The zero-order valence-electron chi connectivity index (χ0n) is 13.0. The number of carbonyl (C=O) groups is 1. The summed E-state index contributed by atoms with van der Waals surface area (Å²) in [6.45, 7) is 3.39. The summed E-state index contributed by atoms with van der Waals surface area (Å²) in [6, 6.07) is 0. The van der Waals surface area contributed by atoms with Crippen LogP contribution in [0.3, 0.4) is 0 Å². The number of carbonyl (C=O) groups excluding carboxylic acids is 1. The first-order valence-corrected chi connectivity index (χ1v) is 7.95. The molecule has 0 spiro atoms. The zero-order valence-corrected chi connectivity index (χ0v) is 13.0. The number of aromatic nitrogens is 5. The summed E-state index contributed by atoms with van der Waals surface area (Å²) in [6.07, 6.45) is 9.70. The first-order valence-electron chi connectivity index (χ1n) is 7.95. The van der Waals surface area contributed by atoms with E-state index in [0.717, 1.165) is 25.3 Å². The molecule has 1 amide bonds. The number of nitrogens with zero attached hydrogens (tertiary/aromatic N) is 5. The van der Waals surface area contributed by atoms with Crippen molar-refractivity contribution in [1.82, 2.24) is 35.6 Å². The molecule has 23 heavy (non-hydrogen) atoms. The lowest BCUT2D eigenvalue weighted by molar-refractivity contribution is 0.0949. The summed E-state index contributed by atoms with van der Waals surface area (Å²) < 4.78 is 1.76. The van der Waals surface area contributed by atoms with E-state index >= 15 is 0 Å². The van der Waals surface area contributed by atoms with Crippen molar-refractivity contribution in [1.29, 1.82) is 0 Å². The van der Waals surface area contributed by atoms with Crippen LogP contribution < -0.4 is 10.6 Å². The van der Waals surface area contributed by atoms with E-state index in [1.165, 1.54) is 12.8 Å². The number of hydrogen-bond donors (Lipinski definition) is 2. The summed E-state index contributed by atoms with van der Waals surface area (Å²) in [5, 5.41) is 14.2. The van der Waals surface area contributed by atoms with Crippen LogP contribution in [0.5, 0.6) is 0 Å². The average molecular weight is 315 g/mol.